The van der Waals surface area contributed by atoms with Crippen molar-refractivity contribution in [1.29, 1.82) is 0 Å². The van der Waals surface area contributed by atoms with Crippen LogP contribution in [0.5, 0.6) is 5.75 Å². The molecule has 4 nitrogen and oxygen atoms in total. The summed E-state index contributed by atoms with van der Waals surface area (Å²) >= 11 is 0. The highest BCUT2D eigenvalue weighted by Crippen LogP contribution is 2.30. The average molecular weight is 327 g/mol. The molecule has 3 heterocycles. The normalized spacial score (nSPS) is 13.0. The lowest BCUT2D eigenvalue weighted by Gasteiger charge is -2.08. The van der Waals surface area contributed by atoms with Gasteiger partial charge in [-0.25, -0.2) is 4.98 Å². The van der Waals surface area contributed by atoms with Crippen molar-refractivity contribution in [2.24, 2.45) is 0 Å². The molecule has 0 saturated carbocycles. The first-order valence-corrected chi connectivity index (χ1v) is 8.44. The van der Waals surface area contributed by atoms with Gasteiger partial charge < -0.3 is 4.74 Å². The number of imidazole rings is 1. The fraction of sp³-hybridized carbons (Fsp3) is 0.143. The summed E-state index contributed by atoms with van der Waals surface area (Å²) < 4.78 is 7.76. The van der Waals surface area contributed by atoms with E-state index >= 15 is 0 Å². The Bertz CT molecular complexity index is 1100. The Labute approximate surface area is 145 Å². The zero-order valence-corrected chi connectivity index (χ0v) is 13.9. The molecule has 2 aromatic carbocycles. The fourth-order valence-corrected chi connectivity index (χ4v) is 3.44. The molecule has 4 heteroatoms. The predicted molar refractivity (Wildman–Crippen MR) is 98.2 cm³/mol. The van der Waals surface area contributed by atoms with Gasteiger partial charge in [-0.05, 0) is 66.1 Å². The number of fused-ring (bicyclic) bond motifs is 2. The largest absolute Gasteiger partial charge is 0.493 e. The van der Waals surface area contributed by atoms with E-state index in [9.17, 15) is 0 Å². The predicted octanol–water partition coefficient (Wildman–Crippen LogP) is 4.33. The number of hydrogen-bond donors (Lipinski definition) is 0. The Morgan fingerprint density at radius 2 is 1.88 bits per heavy atom. The zero-order valence-electron chi connectivity index (χ0n) is 13.9. The van der Waals surface area contributed by atoms with E-state index in [1.807, 2.05) is 25.5 Å². The van der Waals surface area contributed by atoms with Gasteiger partial charge in [-0.1, -0.05) is 6.07 Å². The molecule has 0 spiro atoms. The summed E-state index contributed by atoms with van der Waals surface area (Å²) in [6.45, 7) is 2.79. The molecule has 0 unspecified atom stereocenters. The van der Waals surface area contributed by atoms with Crippen LogP contribution in [0.1, 0.15) is 11.3 Å². The Hall–Kier alpha value is -3.14. The van der Waals surface area contributed by atoms with Gasteiger partial charge >= 0.3 is 0 Å². The highest BCUT2D eigenvalue weighted by molar-refractivity contribution is 5.83. The second-order valence-corrected chi connectivity index (χ2v) is 6.39. The minimum absolute atomic E-state index is 0.773. The van der Waals surface area contributed by atoms with Crippen LogP contribution in [-0.2, 0) is 6.42 Å². The third kappa shape index (κ3) is 2.38. The molecule has 1 aliphatic rings. The Morgan fingerprint density at radius 1 is 0.960 bits per heavy atom. The van der Waals surface area contributed by atoms with Crippen LogP contribution in [0.25, 0.3) is 27.8 Å². The summed E-state index contributed by atoms with van der Waals surface area (Å²) in [5.74, 6) is 1.00. The van der Waals surface area contributed by atoms with Gasteiger partial charge in [0.1, 0.15) is 12.1 Å². The Kier molecular flexibility index (Phi) is 3.10. The van der Waals surface area contributed by atoms with Crippen molar-refractivity contribution in [3.63, 3.8) is 0 Å². The summed E-state index contributed by atoms with van der Waals surface area (Å²) in [6, 6.07) is 16.9. The van der Waals surface area contributed by atoms with Crippen molar-refractivity contribution < 1.29 is 4.74 Å². The number of ether oxygens (including phenoxy) is 1. The molecule has 122 valence electrons. The lowest BCUT2D eigenvalue weighted by molar-refractivity contribution is 0.357. The van der Waals surface area contributed by atoms with E-state index < -0.39 is 0 Å². The molecule has 0 saturated heterocycles. The van der Waals surface area contributed by atoms with E-state index in [0.717, 1.165) is 41.2 Å². The van der Waals surface area contributed by atoms with Gasteiger partial charge in [-0.2, -0.15) is 0 Å². The molecule has 0 bridgehead atoms. The van der Waals surface area contributed by atoms with Crippen LogP contribution in [0, 0.1) is 6.92 Å². The lowest BCUT2D eigenvalue weighted by atomic mass is 10.1. The van der Waals surface area contributed by atoms with Gasteiger partial charge in [0.15, 0.2) is 0 Å². The average Bonchev–Trinajstić information content (AvgIpc) is 3.27. The molecule has 25 heavy (non-hydrogen) atoms. The van der Waals surface area contributed by atoms with E-state index in [0.29, 0.717) is 0 Å². The first-order valence-electron chi connectivity index (χ1n) is 8.44. The monoisotopic (exact) mass is 327 g/mol. The summed E-state index contributed by atoms with van der Waals surface area (Å²) in [5, 5.41) is 0. The zero-order chi connectivity index (χ0) is 16.8. The first-order chi connectivity index (χ1) is 12.3. The SMILES string of the molecule is Cc1cc(-c2ccc3ncn(-c4ccc5c(c4)CCO5)c3c2)ccn1. The molecule has 0 N–H and O–H groups in total. The maximum atomic E-state index is 5.62. The quantitative estimate of drug-likeness (QED) is 0.550. The molecule has 0 radical (unpaired) electrons. The van der Waals surface area contributed by atoms with Crippen LogP contribution in [0.4, 0.5) is 0 Å². The molecule has 0 aliphatic carbocycles. The van der Waals surface area contributed by atoms with Gasteiger partial charge in [-0.15, -0.1) is 0 Å². The molecule has 1 aliphatic heterocycles. The number of pyridine rings is 1. The summed E-state index contributed by atoms with van der Waals surface area (Å²) in [7, 11) is 0. The Balaban J connectivity index is 1.66. The molecule has 0 amide bonds. The van der Waals surface area contributed by atoms with Crippen molar-refractivity contribution in [1.82, 2.24) is 14.5 Å². The van der Waals surface area contributed by atoms with Crippen LogP contribution in [0.2, 0.25) is 0 Å². The van der Waals surface area contributed by atoms with Crippen LogP contribution in [0.3, 0.4) is 0 Å². The molecule has 4 aromatic rings. The topological polar surface area (TPSA) is 39.9 Å². The molecule has 0 atom stereocenters. The van der Waals surface area contributed by atoms with E-state index in [-0.39, 0.29) is 0 Å². The summed E-state index contributed by atoms with van der Waals surface area (Å²) in [6.07, 6.45) is 4.72. The molecular weight excluding hydrogens is 310 g/mol. The minimum atomic E-state index is 0.773. The van der Waals surface area contributed by atoms with Gasteiger partial charge in [0.2, 0.25) is 0 Å². The number of aryl methyl sites for hydroxylation is 1. The fourth-order valence-electron chi connectivity index (χ4n) is 3.44. The van der Waals surface area contributed by atoms with Crippen LogP contribution in [0.15, 0.2) is 61.1 Å². The first kappa shape index (κ1) is 14.2. The van der Waals surface area contributed by atoms with Gasteiger partial charge in [0.25, 0.3) is 0 Å². The smallest absolute Gasteiger partial charge is 0.122 e. The summed E-state index contributed by atoms with van der Waals surface area (Å²) in [4.78, 5) is 8.85. The number of aromatic nitrogens is 3. The number of hydrogen-bond acceptors (Lipinski definition) is 3. The van der Waals surface area contributed by atoms with Crippen LogP contribution < -0.4 is 4.74 Å². The third-order valence-corrected chi connectivity index (χ3v) is 4.73. The molecular formula is C21H17N3O. The van der Waals surface area contributed by atoms with E-state index in [4.69, 9.17) is 4.74 Å². The highest BCUT2D eigenvalue weighted by Gasteiger charge is 2.14. The molecule has 5 rings (SSSR count). The third-order valence-electron chi connectivity index (χ3n) is 4.73. The van der Waals surface area contributed by atoms with Gasteiger partial charge in [0.05, 0.1) is 17.6 Å². The summed E-state index contributed by atoms with van der Waals surface area (Å²) in [5.41, 5.74) is 7.84. The van der Waals surface area contributed by atoms with Crippen molar-refractivity contribution in [3.8, 4) is 22.6 Å². The minimum Gasteiger partial charge on any atom is -0.493 e. The number of nitrogens with zero attached hydrogens (tertiary/aromatic N) is 3. The number of benzene rings is 2. The van der Waals surface area contributed by atoms with Crippen LogP contribution >= 0.6 is 0 Å². The van der Waals surface area contributed by atoms with Gasteiger partial charge in [-0.3, -0.25) is 9.55 Å². The van der Waals surface area contributed by atoms with Crippen molar-refractivity contribution >= 4 is 11.0 Å². The lowest BCUT2D eigenvalue weighted by Crippen LogP contribution is -1.93. The number of rotatable bonds is 2. The molecule has 0 fully saturated rings. The van der Waals surface area contributed by atoms with Crippen molar-refractivity contribution in [3.05, 3.63) is 72.3 Å². The maximum Gasteiger partial charge on any atom is 0.122 e. The van der Waals surface area contributed by atoms with E-state index in [2.05, 4.69) is 57.0 Å². The Morgan fingerprint density at radius 3 is 2.80 bits per heavy atom. The second kappa shape index (κ2) is 5.45. The standard InChI is InChI=1S/C21H17N3O/c1-14-10-16(6-8-22-14)15-2-4-19-20(12-15)24(13-23-19)18-3-5-21-17(11-18)7-9-25-21/h2-6,8,10-13H,7,9H2,1H3. The second-order valence-electron chi connectivity index (χ2n) is 6.39. The van der Waals surface area contributed by atoms with Crippen LogP contribution in [-0.4, -0.2) is 21.1 Å². The van der Waals surface area contributed by atoms with Crippen molar-refractivity contribution in [2.75, 3.05) is 6.61 Å². The molecule has 2 aromatic heterocycles. The maximum absolute atomic E-state index is 5.62. The van der Waals surface area contributed by atoms with Gasteiger partial charge in [0, 0.05) is 24.0 Å². The van der Waals surface area contributed by atoms with E-state index in [1.54, 1.807) is 0 Å². The van der Waals surface area contributed by atoms with E-state index in [1.165, 1.54) is 16.7 Å². The van der Waals surface area contributed by atoms with Crippen molar-refractivity contribution in [2.45, 2.75) is 13.3 Å². The highest BCUT2D eigenvalue weighted by atomic mass is 16.5.